The van der Waals surface area contributed by atoms with Crippen molar-refractivity contribution >= 4 is 5.71 Å². The molecule has 0 unspecified atom stereocenters. The molecule has 25 heavy (non-hydrogen) atoms. The number of nitrogens with zero attached hydrogens (tertiary/aromatic N) is 1. The Morgan fingerprint density at radius 2 is 1.52 bits per heavy atom. The first-order valence-electron chi connectivity index (χ1n) is 10.2. The lowest BCUT2D eigenvalue weighted by Crippen LogP contribution is -2.59. The standard InChI is InChI=1S/C20H31NO4/c1-18(2,3)23-21-17-4-6-19(7-5-17)22-20(25-24-19)15-9-13-8-14(11-15)12-16(20)10-13/h13-16H,4-12H2,1-3H3. The van der Waals surface area contributed by atoms with Gasteiger partial charge >= 0.3 is 0 Å². The number of hydrogen-bond acceptors (Lipinski definition) is 5. The van der Waals surface area contributed by atoms with Crippen molar-refractivity contribution in [1.82, 2.24) is 0 Å². The van der Waals surface area contributed by atoms with Gasteiger partial charge in [-0.2, -0.15) is 9.78 Å². The SMILES string of the molecule is CC(C)(C)ON=C1CCC2(CC1)OOC1(O2)C2CC3CC(C2)CC1C3. The van der Waals surface area contributed by atoms with Gasteiger partial charge in [0.1, 0.15) is 5.60 Å². The molecule has 1 aliphatic heterocycles. The number of oxime groups is 1. The predicted octanol–water partition coefficient (Wildman–Crippen LogP) is 4.56. The van der Waals surface area contributed by atoms with Crippen molar-refractivity contribution in [2.24, 2.45) is 28.8 Å². The average Bonchev–Trinajstić information content (AvgIpc) is 2.91. The summed E-state index contributed by atoms with van der Waals surface area (Å²) in [5.41, 5.74) is 0.870. The molecule has 5 heteroatoms. The van der Waals surface area contributed by atoms with Crippen LogP contribution in [0.4, 0.5) is 0 Å². The van der Waals surface area contributed by atoms with Crippen LogP contribution in [0.5, 0.6) is 0 Å². The molecular formula is C20H31NO4. The summed E-state index contributed by atoms with van der Waals surface area (Å²) in [5, 5.41) is 4.35. The number of hydrogen-bond donors (Lipinski definition) is 0. The van der Waals surface area contributed by atoms with Gasteiger partial charge < -0.3 is 9.57 Å². The van der Waals surface area contributed by atoms with Gasteiger partial charge in [0.15, 0.2) is 0 Å². The molecule has 2 spiro atoms. The van der Waals surface area contributed by atoms with Crippen molar-refractivity contribution in [3.63, 3.8) is 0 Å². The Bertz CT molecular complexity index is 541. The Kier molecular flexibility index (Phi) is 3.59. The molecule has 5 nitrogen and oxygen atoms in total. The molecule has 5 saturated carbocycles. The largest absolute Gasteiger partial charge is 0.390 e. The summed E-state index contributed by atoms with van der Waals surface area (Å²) >= 11 is 0. The van der Waals surface area contributed by atoms with E-state index in [9.17, 15) is 0 Å². The maximum absolute atomic E-state index is 6.71. The van der Waals surface area contributed by atoms with E-state index in [0.717, 1.165) is 43.2 Å². The van der Waals surface area contributed by atoms with Crippen LogP contribution in [0.15, 0.2) is 5.16 Å². The second kappa shape index (κ2) is 5.43. The fourth-order valence-electron chi connectivity index (χ4n) is 6.01. The minimum atomic E-state index is -0.559. The number of ether oxygens (including phenoxy) is 1. The summed E-state index contributed by atoms with van der Waals surface area (Å²) in [5.74, 6) is 1.85. The molecule has 6 rings (SSSR count). The van der Waals surface area contributed by atoms with Gasteiger partial charge in [0.2, 0.25) is 11.6 Å². The highest BCUT2D eigenvalue weighted by Crippen LogP contribution is 2.63. The first kappa shape index (κ1) is 16.5. The van der Waals surface area contributed by atoms with Gasteiger partial charge in [0.05, 0.1) is 5.71 Å². The quantitative estimate of drug-likeness (QED) is 0.514. The fourth-order valence-corrected chi connectivity index (χ4v) is 6.01. The summed E-state index contributed by atoms with van der Waals surface area (Å²) in [6.07, 6.45) is 9.82. The summed E-state index contributed by atoms with van der Waals surface area (Å²) in [6, 6.07) is 0. The van der Waals surface area contributed by atoms with E-state index in [2.05, 4.69) is 5.16 Å². The molecule has 1 heterocycles. The normalized spacial score (nSPS) is 48.5. The molecule has 0 N–H and O–H groups in total. The third kappa shape index (κ3) is 2.74. The van der Waals surface area contributed by atoms with Crippen LogP contribution in [-0.4, -0.2) is 22.9 Å². The second-order valence-corrected chi connectivity index (χ2v) is 10.1. The summed E-state index contributed by atoms with van der Waals surface area (Å²) in [6.45, 7) is 6.07. The van der Waals surface area contributed by atoms with Gasteiger partial charge in [-0.15, -0.1) is 0 Å². The van der Waals surface area contributed by atoms with E-state index in [0.29, 0.717) is 11.8 Å². The van der Waals surface area contributed by atoms with E-state index in [1.165, 1.54) is 32.1 Å². The van der Waals surface area contributed by atoms with Crippen LogP contribution in [0.3, 0.4) is 0 Å². The zero-order valence-electron chi connectivity index (χ0n) is 15.8. The summed E-state index contributed by atoms with van der Waals surface area (Å²) < 4.78 is 6.71. The summed E-state index contributed by atoms with van der Waals surface area (Å²) in [7, 11) is 0. The topological polar surface area (TPSA) is 49.3 Å². The third-order valence-electron chi connectivity index (χ3n) is 6.98. The van der Waals surface area contributed by atoms with E-state index in [1.807, 2.05) is 20.8 Å². The van der Waals surface area contributed by atoms with E-state index in [1.54, 1.807) is 0 Å². The van der Waals surface area contributed by atoms with E-state index >= 15 is 0 Å². The molecule has 0 aromatic carbocycles. The molecule has 0 amide bonds. The highest BCUT2D eigenvalue weighted by Gasteiger charge is 2.66. The summed E-state index contributed by atoms with van der Waals surface area (Å²) in [4.78, 5) is 17.6. The molecule has 5 aliphatic carbocycles. The van der Waals surface area contributed by atoms with Crippen LogP contribution >= 0.6 is 0 Å². The first-order valence-corrected chi connectivity index (χ1v) is 10.2. The van der Waals surface area contributed by atoms with E-state index in [-0.39, 0.29) is 5.60 Å². The minimum Gasteiger partial charge on any atom is -0.390 e. The van der Waals surface area contributed by atoms with Gasteiger partial charge in [-0.25, -0.2) is 0 Å². The zero-order chi connectivity index (χ0) is 17.3. The van der Waals surface area contributed by atoms with Crippen LogP contribution in [0.1, 0.15) is 78.6 Å². The lowest BCUT2D eigenvalue weighted by Gasteiger charge is -2.57. The van der Waals surface area contributed by atoms with Crippen LogP contribution in [0.25, 0.3) is 0 Å². The third-order valence-corrected chi connectivity index (χ3v) is 6.98. The van der Waals surface area contributed by atoms with E-state index in [4.69, 9.17) is 19.3 Å². The van der Waals surface area contributed by atoms with Gasteiger partial charge in [-0.3, -0.25) is 0 Å². The average molecular weight is 349 g/mol. The van der Waals surface area contributed by atoms with Crippen molar-refractivity contribution in [2.75, 3.05) is 0 Å². The monoisotopic (exact) mass is 349 g/mol. The Balaban J connectivity index is 1.27. The highest BCUT2D eigenvalue weighted by atomic mass is 17.3. The molecule has 4 bridgehead atoms. The Hall–Kier alpha value is -0.650. The van der Waals surface area contributed by atoms with Gasteiger partial charge in [0.25, 0.3) is 0 Å². The van der Waals surface area contributed by atoms with Gasteiger partial charge in [0, 0.05) is 24.7 Å². The number of rotatable bonds is 1. The second-order valence-electron chi connectivity index (χ2n) is 10.1. The molecule has 6 fully saturated rings. The Morgan fingerprint density at radius 1 is 0.920 bits per heavy atom. The van der Waals surface area contributed by atoms with Crippen molar-refractivity contribution in [2.45, 2.75) is 95.7 Å². The Labute approximate surface area is 150 Å². The molecule has 6 aliphatic rings. The van der Waals surface area contributed by atoms with Crippen LogP contribution in [0.2, 0.25) is 0 Å². The highest BCUT2D eigenvalue weighted by molar-refractivity contribution is 5.84. The molecule has 0 atom stereocenters. The maximum atomic E-state index is 6.71. The van der Waals surface area contributed by atoms with Crippen LogP contribution in [0, 0.1) is 23.7 Å². The molecule has 0 aromatic rings. The molecular weight excluding hydrogens is 318 g/mol. The molecule has 1 saturated heterocycles. The molecule has 140 valence electrons. The molecule has 0 radical (unpaired) electrons. The van der Waals surface area contributed by atoms with Crippen LogP contribution < -0.4 is 0 Å². The lowest BCUT2D eigenvalue weighted by atomic mass is 9.53. The van der Waals surface area contributed by atoms with Crippen molar-refractivity contribution in [3.8, 4) is 0 Å². The van der Waals surface area contributed by atoms with Gasteiger partial charge in [-0.1, -0.05) is 5.16 Å². The first-order chi connectivity index (χ1) is 11.9. The fraction of sp³-hybridized carbons (Fsp3) is 0.950. The van der Waals surface area contributed by atoms with Crippen LogP contribution in [-0.2, 0) is 19.3 Å². The zero-order valence-corrected chi connectivity index (χ0v) is 15.8. The molecule has 0 aromatic heterocycles. The van der Waals surface area contributed by atoms with E-state index < -0.39 is 11.6 Å². The van der Waals surface area contributed by atoms with Gasteiger partial charge in [-0.05, 0) is 77.6 Å². The van der Waals surface area contributed by atoms with Crippen molar-refractivity contribution in [1.29, 1.82) is 0 Å². The van der Waals surface area contributed by atoms with Crippen molar-refractivity contribution < 1.29 is 19.3 Å². The smallest absolute Gasteiger partial charge is 0.210 e. The predicted molar refractivity (Wildman–Crippen MR) is 92.5 cm³/mol. The Morgan fingerprint density at radius 3 is 2.08 bits per heavy atom. The minimum absolute atomic E-state index is 0.240. The lowest BCUT2D eigenvalue weighted by molar-refractivity contribution is -0.389. The van der Waals surface area contributed by atoms with Crippen molar-refractivity contribution in [3.05, 3.63) is 0 Å². The maximum Gasteiger partial charge on any atom is 0.210 e.